The molecular formula is C26H16F3N3O3. The highest BCUT2D eigenvalue weighted by Crippen LogP contribution is 2.44. The first-order valence-electron chi connectivity index (χ1n) is 10.4. The Kier molecular flexibility index (Phi) is 5.02. The van der Waals surface area contributed by atoms with E-state index in [1.165, 1.54) is 36.4 Å². The number of rotatable bonds is 2. The Balaban J connectivity index is 1.69. The standard InChI is InChI=1S/C26H16F3N3O3/c27-26(28,29)19-4-2-1-3-16(19)13-5-7-14(8-6-13)21-18(12-30)24(32)35-23-17-11-15(31)9-10-20(17)34-25(33)22(21)23/h1-11,21H,31-32H2. The van der Waals surface area contributed by atoms with E-state index in [2.05, 4.69) is 0 Å². The van der Waals surface area contributed by atoms with E-state index in [1.54, 1.807) is 24.3 Å². The van der Waals surface area contributed by atoms with Gasteiger partial charge in [-0.2, -0.15) is 18.4 Å². The fourth-order valence-corrected chi connectivity index (χ4v) is 4.31. The van der Waals surface area contributed by atoms with Crippen molar-refractivity contribution in [1.82, 2.24) is 0 Å². The first-order valence-corrected chi connectivity index (χ1v) is 10.4. The Labute approximate surface area is 196 Å². The van der Waals surface area contributed by atoms with Crippen LogP contribution >= 0.6 is 0 Å². The molecule has 0 bridgehead atoms. The minimum Gasteiger partial charge on any atom is -0.439 e. The van der Waals surface area contributed by atoms with Gasteiger partial charge in [-0.3, -0.25) is 0 Å². The minimum atomic E-state index is -4.53. The molecular weight excluding hydrogens is 459 g/mol. The number of ether oxygens (including phenoxy) is 1. The number of halogens is 3. The minimum absolute atomic E-state index is 0.00970. The Bertz CT molecular complexity index is 1610. The van der Waals surface area contributed by atoms with Crippen molar-refractivity contribution in [2.24, 2.45) is 5.73 Å². The molecule has 4 N–H and O–H groups in total. The highest BCUT2D eigenvalue weighted by Gasteiger charge is 2.36. The van der Waals surface area contributed by atoms with Crippen LogP contribution in [0.2, 0.25) is 0 Å². The van der Waals surface area contributed by atoms with Gasteiger partial charge in [-0.1, -0.05) is 42.5 Å². The fraction of sp³-hybridized carbons (Fsp3) is 0.0769. The number of nitrogens with zero attached hydrogens (tertiary/aromatic N) is 1. The molecule has 9 heteroatoms. The number of hydrogen-bond acceptors (Lipinski definition) is 6. The van der Waals surface area contributed by atoms with Crippen molar-refractivity contribution in [3.8, 4) is 22.9 Å². The molecule has 0 aliphatic carbocycles. The monoisotopic (exact) mass is 475 g/mol. The van der Waals surface area contributed by atoms with Gasteiger partial charge >= 0.3 is 11.8 Å². The quantitative estimate of drug-likeness (QED) is 0.301. The molecule has 3 aromatic carbocycles. The number of hydrogen-bond donors (Lipinski definition) is 2. The third-order valence-corrected chi connectivity index (χ3v) is 5.88. The molecule has 1 aliphatic heterocycles. The van der Waals surface area contributed by atoms with Crippen molar-refractivity contribution in [1.29, 1.82) is 5.26 Å². The summed E-state index contributed by atoms with van der Waals surface area (Å²) in [5, 5.41) is 10.2. The summed E-state index contributed by atoms with van der Waals surface area (Å²) in [6.45, 7) is 0. The number of allylic oxidation sites excluding steroid dienone is 1. The Morgan fingerprint density at radius 2 is 1.69 bits per heavy atom. The van der Waals surface area contributed by atoms with Crippen molar-refractivity contribution < 1.29 is 22.3 Å². The van der Waals surface area contributed by atoms with Crippen LogP contribution in [0.5, 0.6) is 5.75 Å². The average Bonchev–Trinajstić information content (AvgIpc) is 2.83. The van der Waals surface area contributed by atoms with E-state index in [0.717, 1.165) is 6.07 Å². The molecule has 35 heavy (non-hydrogen) atoms. The van der Waals surface area contributed by atoms with Gasteiger partial charge < -0.3 is 20.6 Å². The normalized spacial score (nSPS) is 15.4. The van der Waals surface area contributed by atoms with Crippen molar-refractivity contribution in [3.63, 3.8) is 0 Å². The molecule has 1 unspecified atom stereocenters. The van der Waals surface area contributed by atoms with Crippen LogP contribution in [0.4, 0.5) is 18.9 Å². The molecule has 0 radical (unpaired) electrons. The molecule has 0 saturated carbocycles. The molecule has 1 atom stereocenters. The van der Waals surface area contributed by atoms with Crippen LogP contribution in [0.25, 0.3) is 22.1 Å². The Morgan fingerprint density at radius 1 is 0.971 bits per heavy atom. The highest BCUT2D eigenvalue weighted by atomic mass is 19.4. The summed E-state index contributed by atoms with van der Waals surface area (Å²) in [4.78, 5) is 13.0. The third kappa shape index (κ3) is 3.65. The van der Waals surface area contributed by atoms with Gasteiger partial charge in [-0.05, 0) is 41.0 Å². The van der Waals surface area contributed by atoms with Gasteiger partial charge in [0.1, 0.15) is 17.2 Å². The average molecular weight is 475 g/mol. The fourth-order valence-electron chi connectivity index (χ4n) is 4.31. The molecule has 174 valence electrons. The molecule has 5 rings (SSSR count). The second kappa shape index (κ2) is 7.95. The molecule has 0 spiro atoms. The highest BCUT2D eigenvalue weighted by molar-refractivity contribution is 5.88. The number of nitriles is 1. The molecule has 1 aliphatic rings. The zero-order valence-electron chi connectivity index (χ0n) is 17.9. The molecule has 6 nitrogen and oxygen atoms in total. The van der Waals surface area contributed by atoms with Crippen molar-refractivity contribution in [2.75, 3.05) is 5.73 Å². The van der Waals surface area contributed by atoms with E-state index in [9.17, 15) is 23.2 Å². The third-order valence-electron chi connectivity index (χ3n) is 5.88. The van der Waals surface area contributed by atoms with Crippen LogP contribution in [-0.2, 0) is 6.18 Å². The van der Waals surface area contributed by atoms with E-state index in [0.29, 0.717) is 22.2 Å². The maximum atomic E-state index is 13.5. The van der Waals surface area contributed by atoms with Gasteiger partial charge in [0, 0.05) is 5.69 Å². The first-order chi connectivity index (χ1) is 16.7. The second-order valence-electron chi connectivity index (χ2n) is 7.98. The number of benzene rings is 3. The first kappa shape index (κ1) is 22.1. The lowest BCUT2D eigenvalue weighted by molar-refractivity contribution is -0.137. The van der Waals surface area contributed by atoms with E-state index in [1.807, 2.05) is 6.07 Å². The largest absolute Gasteiger partial charge is 0.439 e. The van der Waals surface area contributed by atoms with Crippen LogP contribution in [-0.4, -0.2) is 0 Å². The Hall–Kier alpha value is -4.71. The van der Waals surface area contributed by atoms with E-state index < -0.39 is 23.3 Å². The van der Waals surface area contributed by atoms with Gasteiger partial charge in [0.15, 0.2) is 5.75 Å². The summed E-state index contributed by atoms with van der Waals surface area (Å²) in [6, 6.07) is 18.0. The van der Waals surface area contributed by atoms with Gasteiger partial charge in [0.05, 0.1) is 22.4 Å². The summed E-state index contributed by atoms with van der Waals surface area (Å²) in [6.07, 6.45) is -4.53. The summed E-state index contributed by atoms with van der Waals surface area (Å²) in [5.41, 5.74) is 11.9. The summed E-state index contributed by atoms with van der Waals surface area (Å²) < 4.78 is 51.6. The van der Waals surface area contributed by atoms with Gasteiger partial charge in [-0.15, -0.1) is 0 Å². The zero-order chi connectivity index (χ0) is 24.9. The molecule has 2 heterocycles. The summed E-state index contributed by atoms with van der Waals surface area (Å²) >= 11 is 0. The smallest absolute Gasteiger partial charge is 0.417 e. The molecule has 0 fully saturated rings. The number of anilines is 1. The molecule has 1 aromatic heterocycles. The van der Waals surface area contributed by atoms with Crippen molar-refractivity contribution >= 4 is 16.7 Å². The van der Waals surface area contributed by atoms with Gasteiger partial charge in [-0.25, -0.2) is 4.79 Å². The lowest BCUT2D eigenvalue weighted by Crippen LogP contribution is -2.26. The number of nitrogens with two attached hydrogens (primary N) is 2. The molecule has 0 saturated heterocycles. The van der Waals surface area contributed by atoms with Crippen LogP contribution in [0.3, 0.4) is 0 Å². The van der Waals surface area contributed by atoms with Crippen LogP contribution in [0, 0.1) is 11.3 Å². The lowest BCUT2D eigenvalue weighted by atomic mass is 9.83. The SMILES string of the molecule is N#CC1=C(N)Oc2c(c(=O)oc3ccc(N)cc23)C1c1ccc(-c2ccccc2C(F)(F)F)cc1. The summed E-state index contributed by atoms with van der Waals surface area (Å²) in [7, 11) is 0. The number of fused-ring (bicyclic) bond motifs is 3. The maximum Gasteiger partial charge on any atom is 0.417 e. The molecule has 4 aromatic rings. The van der Waals surface area contributed by atoms with Crippen LogP contribution in [0.1, 0.15) is 22.6 Å². The van der Waals surface area contributed by atoms with Crippen molar-refractivity contribution in [3.05, 3.63) is 105 Å². The topological polar surface area (TPSA) is 115 Å². The van der Waals surface area contributed by atoms with E-state index in [4.69, 9.17) is 20.6 Å². The van der Waals surface area contributed by atoms with Gasteiger partial charge in [0.2, 0.25) is 5.88 Å². The predicted molar refractivity (Wildman–Crippen MR) is 123 cm³/mol. The Morgan fingerprint density at radius 3 is 2.37 bits per heavy atom. The number of alkyl halides is 3. The van der Waals surface area contributed by atoms with Crippen molar-refractivity contribution in [2.45, 2.75) is 12.1 Å². The molecule has 0 amide bonds. The summed E-state index contributed by atoms with van der Waals surface area (Å²) in [5.74, 6) is -1.01. The number of nitrogen functional groups attached to an aromatic ring is 1. The zero-order valence-corrected chi connectivity index (χ0v) is 17.9. The van der Waals surface area contributed by atoms with Crippen LogP contribution < -0.4 is 21.8 Å². The second-order valence-corrected chi connectivity index (χ2v) is 7.98. The van der Waals surface area contributed by atoms with E-state index >= 15 is 0 Å². The predicted octanol–water partition coefficient (Wildman–Crippen LogP) is 5.28. The van der Waals surface area contributed by atoms with E-state index in [-0.39, 0.29) is 33.9 Å². The maximum absolute atomic E-state index is 13.5. The lowest BCUT2D eigenvalue weighted by Gasteiger charge is -2.26. The van der Waals surface area contributed by atoms with Gasteiger partial charge in [0.25, 0.3) is 0 Å². The van der Waals surface area contributed by atoms with Crippen LogP contribution in [0.15, 0.2) is 87.4 Å².